The first-order valence-corrected chi connectivity index (χ1v) is 5.39. The lowest BCUT2D eigenvalue weighted by Gasteiger charge is -2.04. The van der Waals surface area contributed by atoms with E-state index in [-0.39, 0.29) is 12.4 Å². The molecule has 4 heteroatoms. The number of halogens is 1. The van der Waals surface area contributed by atoms with E-state index in [4.69, 9.17) is 0 Å². The molecule has 1 aliphatic heterocycles. The van der Waals surface area contributed by atoms with Crippen LogP contribution in [0.25, 0.3) is 0 Å². The van der Waals surface area contributed by atoms with Crippen LogP contribution < -0.4 is 5.32 Å². The van der Waals surface area contributed by atoms with Gasteiger partial charge in [0.15, 0.2) is 5.17 Å². The summed E-state index contributed by atoms with van der Waals surface area (Å²) in [6, 6.07) is 10.4. The summed E-state index contributed by atoms with van der Waals surface area (Å²) in [6.07, 6.45) is 0. The molecule has 0 radical (unpaired) electrons. The molecule has 0 aromatic heterocycles. The van der Waals surface area contributed by atoms with E-state index in [1.54, 1.807) is 11.8 Å². The summed E-state index contributed by atoms with van der Waals surface area (Å²) in [5.41, 5.74) is 1.30. The summed E-state index contributed by atoms with van der Waals surface area (Å²) in [6.45, 7) is 1.84. The minimum absolute atomic E-state index is 0. The fraction of sp³-hybridized carbons (Fsp3) is 0.300. The van der Waals surface area contributed by atoms with Crippen molar-refractivity contribution in [2.45, 2.75) is 6.54 Å². The maximum Gasteiger partial charge on any atom is 0.156 e. The number of nitrogens with zero attached hydrogens (tertiary/aromatic N) is 1. The van der Waals surface area contributed by atoms with E-state index < -0.39 is 0 Å². The normalized spacial score (nSPS) is 14.4. The number of nitrogens with one attached hydrogen (secondary N) is 1. The van der Waals surface area contributed by atoms with E-state index in [2.05, 4.69) is 34.6 Å². The molecule has 2 rings (SSSR count). The number of amidine groups is 1. The summed E-state index contributed by atoms with van der Waals surface area (Å²) in [4.78, 5) is 4.32. The number of rotatable bonds is 2. The smallest absolute Gasteiger partial charge is 0.156 e. The predicted molar refractivity (Wildman–Crippen MR) is 65.3 cm³/mol. The van der Waals surface area contributed by atoms with Gasteiger partial charge in [0, 0.05) is 12.3 Å². The van der Waals surface area contributed by atoms with Gasteiger partial charge in [-0.1, -0.05) is 42.1 Å². The molecular weight excluding hydrogens is 216 g/mol. The summed E-state index contributed by atoms with van der Waals surface area (Å²) in [5.74, 6) is 1.12. The zero-order valence-corrected chi connectivity index (χ0v) is 9.40. The van der Waals surface area contributed by atoms with Crippen molar-refractivity contribution in [3.63, 3.8) is 0 Å². The molecule has 0 amide bonds. The van der Waals surface area contributed by atoms with Crippen LogP contribution in [-0.2, 0) is 6.54 Å². The van der Waals surface area contributed by atoms with Crippen LogP contribution in [0, 0.1) is 0 Å². The van der Waals surface area contributed by atoms with Crippen LogP contribution in [-0.4, -0.2) is 17.5 Å². The van der Waals surface area contributed by atoms with Crippen molar-refractivity contribution in [1.29, 1.82) is 0 Å². The van der Waals surface area contributed by atoms with E-state index in [1.165, 1.54) is 5.56 Å². The Kier molecular flexibility index (Phi) is 4.84. The number of hydrogen-bond acceptors (Lipinski definition) is 3. The highest BCUT2D eigenvalue weighted by molar-refractivity contribution is 8.14. The summed E-state index contributed by atoms with van der Waals surface area (Å²) in [5, 5.41) is 4.40. The Morgan fingerprint density at radius 3 is 2.71 bits per heavy atom. The van der Waals surface area contributed by atoms with Gasteiger partial charge in [0.2, 0.25) is 0 Å². The molecule has 0 spiro atoms. The maximum absolute atomic E-state index is 4.32. The lowest BCUT2D eigenvalue weighted by atomic mass is 10.2. The first kappa shape index (κ1) is 11.4. The molecule has 0 saturated heterocycles. The molecule has 0 fully saturated rings. The van der Waals surface area contributed by atoms with E-state index in [0.29, 0.717) is 0 Å². The van der Waals surface area contributed by atoms with Gasteiger partial charge in [0.1, 0.15) is 0 Å². The van der Waals surface area contributed by atoms with Gasteiger partial charge in [-0.05, 0) is 5.56 Å². The fourth-order valence-electron chi connectivity index (χ4n) is 1.22. The summed E-state index contributed by atoms with van der Waals surface area (Å²) < 4.78 is 0. The zero-order chi connectivity index (χ0) is 8.93. The molecule has 1 heterocycles. The zero-order valence-electron chi connectivity index (χ0n) is 7.77. The Morgan fingerprint density at radius 1 is 1.29 bits per heavy atom. The third kappa shape index (κ3) is 3.24. The Bertz CT molecular complexity index is 300. The van der Waals surface area contributed by atoms with Crippen molar-refractivity contribution in [2.75, 3.05) is 12.3 Å². The summed E-state index contributed by atoms with van der Waals surface area (Å²) in [7, 11) is 0. The monoisotopic (exact) mass is 228 g/mol. The van der Waals surface area contributed by atoms with Crippen LogP contribution in [0.1, 0.15) is 5.56 Å². The molecule has 2 nitrogen and oxygen atoms in total. The van der Waals surface area contributed by atoms with Gasteiger partial charge in [-0.3, -0.25) is 4.99 Å². The molecule has 0 aliphatic carbocycles. The average molecular weight is 229 g/mol. The van der Waals surface area contributed by atoms with Crippen molar-refractivity contribution in [3.05, 3.63) is 35.9 Å². The van der Waals surface area contributed by atoms with Crippen LogP contribution in [0.4, 0.5) is 0 Å². The van der Waals surface area contributed by atoms with E-state index in [9.17, 15) is 0 Å². The predicted octanol–water partition coefficient (Wildman–Crippen LogP) is 2.30. The fourth-order valence-corrected chi connectivity index (χ4v) is 1.95. The van der Waals surface area contributed by atoms with Crippen LogP contribution in [0.5, 0.6) is 0 Å². The highest BCUT2D eigenvalue weighted by Gasteiger charge is 2.04. The third-order valence-electron chi connectivity index (χ3n) is 1.87. The van der Waals surface area contributed by atoms with Crippen LogP contribution in [0.2, 0.25) is 0 Å². The standard InChI is InChI=1S/C10H12N2S.ClH/c1-2-4-9(5-3-1)8-12-10-11-6-7-13-10;/h1-5H,6-8H2,(H,11,12);1H. The van der Waals surface area contributed by atoms with Crippen LogP contribution in [0.3, 0.4) is 0 Å². The van der Waals surface area contributed by atoms with Gasteiger partial charge in [-0.25, -0.2) is 0 Å². The van der Waals surface area contributed by atoms with Gasteiger partial charge in [0.05, 0.1) is 6.54 Å². The number of aliphatic imine (C=N–C) groups is 1. The quantitative estimate of drug-likeness (QED) is 0.840. The van der Waals surface area contributed by atoms with Gasteiger partial charge in [0.25, 0.3) is 0 Å². The van der Waals surface area contributed by atoms with Crippen molar-refractivity contribution in [1.82, 2.24) is 5.32 Å². The maximum atomic E-state index is 4.32. The molecule has 0 saturated carbocycles. The minimum atomic E-state index is 0. The van der Waals surface area contributed by atoms with Crippen molar-refractivity contribution < 1.29 is 0 Å². The minimum Gasteiger partial charge on any atom is -0.361 e. The SMILES string of the molecule is Cl.c1ccc(CNC2=NCCS2)cc1. The van der Waals surface area contributed by atoms with Gasteiger partial charge in [-0.2, -0.15) is 0 Å². The lowest BCUT2D eigenvalue weighted by molar-refractivity contribution is 0.923. The average Bonchev–Trinajstić information content (AvgIpc) is 2.69. The van der Waals surface area contributed by atoms with Gasteiger partial charge in [-0.15, -0.1) is 12.4 Å². The van der Waals surface area contributed by atoms with Gasteiger partial charge < -0.3 is 5.32 Å². The highest BCUT2D eigenvalue weighted by Crippen LogP contribution is 2.09. The molecule has 1 aliphatic rings. The molecule has 0 atom stereocenters. The van der Waals surface area contributed by atoms with Crippen LogP contribution in [0.15, 0.2) is 35.3 Å². The second kappa shape index (κ2) is 5.94. The largest absolute Gasteiger partial charge is 0.361 e. The number of hydrogen-bond donors (Lipinski definition) is 1. The van der Waals surface area contributed by atoms with Crippen molar-refractivity contribution in [3.8, 4) is 0 Å². The lowest BCUT2D eigenvalue weighted by Crippen LogP contribution is -2.17. The van der Waals surface area contributed by atoms with Crippen LogP contribution >= 0.6 is 24.2 Å². The second-order valence-corrected chi connectivity index (χ2v) is 3.96. The molecule has 1 N–H and O–H groups in total. The Balaban J connectivity index is 0.000000980. The van der Waals surface area contributed by atoms with E-state index in [0.717, 1.165) is 24.0 Å². The van der Waals surface area contributed by atoms with Crippen molar-refractivity contribution in [2.24, 2.45) is 4.99 Å². The topological polar surface area (TPSA) is 24.4 Å². The Morgan fingerprint density at radius 2 is 2.07 bits per heavy atom. The van der Waals surface area contributed by atoms with E-state index in [1.807, 2.05) is 6.07 Å². The van der Waals surface area contributed by atoms with Crippen molar-refractivity contribution >= 4 is 29.3 Å². The first-order chi connectivity index (χ1) is 6.45. The van der Waals surface area contributed by atoms with E-state index >= 15 is 0 Å². The van der Waals surface area contributed by atoms with Gasteiger partial charge >= 0.3 is 0 Å². The Labute approximate surface area is 94.6 Å². The molecule has 1 aromatic rings. The second-order valence-electron chi connectivity index (χ2n) is 2.87. The Hall–Kier alpha value is -0.670. The molecule has 76 valence electrons. The highest BCUT2D eigenvalue weighted by atomic mass is 35.5. The summed E-state index contributed by atoms with van der Waals surface area (Å²) >= 11 is 1.80. The molecule has 14 heavy (non-hydrogen) atoms. The molecule has 0 unspecified atom stereocenters. The number of thioether (sulfide) groups is 1. The first-order valence-electron chi connectivity index (χ1n) is 4.40. The third-order valence-corrected chi connectivity index (χ3v) is 2.81. The molecular formula is C10H13ClN2S. The molecule has 1 aromatic carbocycles. The molecule has 0 bridgehead atoms. The number of benzene rings is 1.